The van der Waals surface area contributed by atoms with Crippen LogP contribution in [0.1, 0.15) is 40.9 Å². The Bertz CT molecular complexity index is 1800. The van der Waals surface area contributed by atoms with Crippen molar-refractivity contribution >= 4 is 39.3 Å². The first-order valence-corrected chi connectivity index (χ1v) is 13.8. The van der Waals surface area contributed by atoms with E-state index in [1.807, 2.05) is 0 Å². The quantitative estimate of drug-likeness (QED) is 0.222. The summed E-state index contributed by atoms with van der Waals surface area (Å²) in [5.41, 5.74) is -4.73. The van der Waals surface area contributed by atoms with Gasteiger partial charge in [0.1, 0.15) is 16.3 Å². The van der Waals surface area contributed by atoms with Crippen LogP contribution < -0.4 is 9.62 Å². The number of rotatable bonds is 7. The first kappa shape index (κ1) is 31.0. The average molecular weight is 619 g/mol. The number of nitrogens with one attached hydrogen (secondary N) is 1. The van der Waals surface area contributed by atoms with E-state index in [2.05, 4.69) is 9.46 Å². The van der Waals surface area contributed by atoms with Gasteiger partial charge >= 0.3 is 18.2 Å². The zero-order valence-corrected chi connectivity index (χ0v) is 23.5. The summed E-state index contributed by atoms with van der Waals surface area (Å²) in [4.78, 5) is 40.0. The zero-order valence-electron chi connectivity index (χ0n) is 22.7. The zero-order chi connectivity index (χ0) is 31.9. The fourth-order valence-corrected chi connectivity index (χ4v) is 5.75. The molecule has 0 unspecified atom stereocenters. The molecule has 1 fully saturated rings. The summed E-state index contributed by atoms with van der Waals surface area (Å²) >= 11 is 0. The number of urea groups is 1. The molecule has 0 aliphatic carbocycles. The SMILES string of the molecule is COC(=O)c1ccccc1S(=O)(=O)Nc1cc(F)ccc1CN1C(=O)N(c2ccc(C#N)c(C(F)(F)F)c2)C(=O)C1(C)C. The van der Waals surface area contributed by atoms with Crippen LogP contribution in [0.15, 0.2) is 65.6 Å². The minimum Gasteiger partial charge on any atom is -0.465 e. The topological polar surface area (TPSA) is 137 Å². The van der Waals surface area contributed by atoms with Gasteiger partial charge in [0.05, 0.1) is 47.8 Å². The van der Waals surface area contributed by atoms with E-state index >= 15 is 0 Å². The molecule has 0 radical (unpaired) electrons. The summed E-state index contributed by atoms with van der Waals surface area (Å²) in [6.45, 7) is 2.19. The number of halogens is 4. The highest BCUT2D eigenvalue weighted by atomic mass is 32.2. The number of sulfonamides is 1. The minimum atomic E-state index is -4.95. The number of anilines is 2. The van der Waals surface area contributed by atoms with Gasteiger partial charge in [-0.3, -0.25) is 9.52 Å². The van der Waals surface area contributed by atoms with Crippen molar-refractivity contribution < 1.29 is 45.1 Å². The lowest BCUT2D eigenvalue weighted by Crippen LogP contribution is -2.43. The Morgan fingerprint density at radius 2 is 1.74 bits per heavy atom. The highest BCUT2D eigenvalue weighted by molar-refractivity contribution is 7.92. The van der Waals surface area contributed by atoms with Crippen molar-refractivity contribution in [1.29, 1.82) is 5.26 Å². The van der Waals surface area contributed by atoms with Gasteiger partial charge < -0.3 is 9.64 Å². The fourth-order valence-electron chi connectivity index (χ4n) is 4.46. The van der Waals surface area contributed by atoms with Gasteiger partial charge in [0.2, 0.25) is 0 Å². The van der Waals surface area contributed by atoms with Crippen LogP contribution in [0.2, 0.25) is 0 Å². The molecule has 15 heteroatoms. The number of imide groups is 1. The summed E-state index contributed by atoms with van der Waals surface area (Å²) < 4.78 is 88.4. The number of methoxy groups -OCH3 is 1. The number of hydrogen-bond acceptors (Lipinski definition) is 7. The smallest absolute Gasteiger partial charge is 0.417 e. The van der Waals surface area contributed by atoms with Crippen LogP contribution in [-0.4, -0.2) is 43.9 Å². The summed E-state index contributed by atoms with van der Waals surface area (Å²) in [5.74, 6) is -2.70. The van der Waals surface area contributed by atoms with Gasteiger partial charge in [0.25, 0.3) is 15.9 Å². The molecule has 224 valence electrons. The van der Waals surface area contributed by atoms with Crippen LogP contribution in [0.3, 0.4) is 0 Å². The van der Waals surface area contributed by atoms with Crippen molar-refractivity contribution in [2.45, 2.75) is 37.0 Å². The van der Waals surface area contributed by atoms with Crippen molar-refractivity contribution in [3.63, 3.8) is 0 Å². The van der Waals surface area contributed by atoms with Gasteiger partial charge in [-0.2, -0.15) is 18.4 Å². The van der Waals surface area contributed by atoms with Crippen LogP contribution in [0, 0.1) is 17.1 Å². The molecule has 0 bridgehead atoms. The third-order valence-corrected chi connectivity index (χ3v) is 8.16. The van der Waals surface area contributed by atoms with Gasteiger partial charge in [-0.05, 0) is 61.9 Å². The number of ether oxygens (including phenoxy) is 1. The van der Waals surface area contributed by atoms with E-state index < -0.39 is 73.7 Å². The van der Waals surface area contributed by atoms with E-state index in [1.54, 1.807) is 0 Å². The molecule has 10 nitrogen and oxygen atoms in total. The lowest BCUT2D eigenvalue weighted by molar-refractivity contribution is -0.137. The summed E-state index contributed by atoms with van der Waals surface area (Å²) in [7, 11) is -3.47. The highest BCUT2D eigenvalue weighted by Crippen LogP contribution is 2.39. The molecule has 0 atom stereocenters. The van der Waals surface area contributed by atoms with Crippen molar-refractivity contribution in [1.82, 2.24) is 4.90 Å². The summed E-state index contributed by atoms with van der Waals surface area (Å²) in [6, 6.07) is 10.9. The van der Waals surface area contributed by atoms with Gasteiger partial charge in [0.15, 0.2) is 0 Å². The Labute approximate surface area is 243 Å². The number of alkyl halides is 3. The fraction of sp³-hybridized carbons (Fsp3) is 0.214. The molecule has 0 saturated carbocycles. The molecule has 43 heavy (non-hydrogen) atoms. The lowest BCUT2D eigenvalue weighted by atomic mass is 10.0. The van der Waals surface area contributed by atoms with Crippen molar-refractivity contribution in [3.05, 3.63) is 88.7 Å². The second kappa shape index (κ2) is 11.0. The third-order valence-electron chi connectivity index (χ3n) is 6.74. The van der Waals surface area contributed by atoms with E-state index in [0.717, 1.165) is 42.3 Å². The average Bonchev–Trinajstić information content (AvgIpc) is 3.11. The standard InChI is InChI=1S/C28H22F4N4O6S/c1-27(2)25(38)36(19-11-9-16(14-33)21(13-19)28(30,31)32)26(39)35(27)15-17-8-10-18(29)12-22(17)34-43(40,41)23-7-5-4-6-20(23)24(37)42-3/h4-13,34H,15H2,1-3H3. The summed E-state index contributed by atoms with van der Waals surface area (Å²) in [5, 5.41) is 9.08. The highest BCUT2D eigenvalue weighted by Gasteiger charge is 2.52. The molecule has 1 N–H and O–H groups in total. The van der Waals surface area contributed by atoms with E-state index in [1.165, 1.54) is 44.2 Å². The number of amides is 3. The monoisotopic (exact) mass is 618 g/mol. The van der Waals surface area contributed by atoms with Gasteiger partial charge in [-0.15, -0.1) is 0 Å². The molecule has 1 aliphatic rings. The van der Waals surface area contributed by atoms with Gasteiger partial charge in [0, 0.05) is 0 Å². The Morgan fingerprint density at radius 3 is 2.37 bits per heavy atom. The first-order chi connectivity index (χ1) is 20.0. The predicted octanol–water partition coefficient (Wildman–Crippen LogP) is 5.05. The Hall–Kier alpha value is -4.97. The Kier molecular flexibility index (Phi) is 7.94. The van der Waals surface area contributed by atoms with Crippen molar-refractivity contribution in [2.24, 2.45) is 0 Å². The molecular weight excluding hydrogens is 596 g/mol. The minimum absolute atomic E-state index is 0.0207. The number of nitriles is 1. The van der Waals surface area contributed by atoms with E-state index in [9.17, 15) is 40.4 Å². The lowest BCUT2D eigenvalue weighted by Gasteiger charge is -2.28. The third kappa shape index (κ3) is 5.73. The number of benzene rings is 3. The normalized spacial score (nSPS) is 14.9. The van der Waals surface area contributed by atoms with Crippen molar-refractivity contribution in [3.8, 4) is 6.07 Å². The van der Waals surface area contributed by atoms with Crippen LogP contribution in [0.5, 0.6) is 0 Å². The molecular formula is C28H22F4N4O6S. The second-order valence-electron chi connectivity index (χ2n) is 9.80. The largest absolute Gasteiger partial charge is 0.465 e. The number of hydrogen-bond donors (Lipinski definition) is 1. The Morgan fingerprint density at radius 1 is 1.07 bits per heavy atom. The van der Waals surface area contributed by atoms with Crippen LogP contribution in [0.25, 0.3) is 0 Å². The molecule has 3 aromatic carbocycles. The molecule has 0 aromatic heterocycles. The molecule has 1 heterocycles. The molecule has 1 aliphatic heterocycles. The maximum absolute atomic E-state index is 14.3. The van der Waals surface area contributed by atoms with Gasteiger partial charge in [-0.25, -0.2) is 27.3 Å². The van der Waals surface area contributed by atoms with Gasteiger partial charge in [-0.1, -0.05) is 18.2 Å². The van der Waals surface area contributed by atoms with Crippen LogP contribution in [0.4, 0.5) is 33.7 Å². The maximum atomic E-state index is 14.3. The number of carbonyl (C=O) groups excluding carboxylic acids is 3. The number of nitrogens with zero attached hydrogens (tertiary/aromatic N) is 3. The van der Waals surface area contributed by atoms with E-state index in [4.69, 9.17) is 5.26 Å². The Balaban J connectivity index is 1.72. The summed E-state index contributed by atoms with van der Waals surface area (Å²) in [6.07, 6.45) is -4.95. The van der Waals surface area contributed by atoms with E-state index in [-0.39, 0.29) is 16.8 Å². The van der Waals surface area contributed by atoms with Crippen molar-refractivity contribution in [2.75, 3.05) is 16.7 Å². The first-order valence-electron chi connectivity index (χ1n) is 12.3. The number of carbonyl (C=O) groups is 3. The molecule has 0 spiro atoms. The van der Waals surface area contributed by atoms with Crippen LogP contribution >= 0.6 is 0 Å². The number of esters is 1. The molecule has 3 aromatic rings. The predicted molar refractivity (Wildman–Crippen MR) is 144 cm³/mol. The molecule has 4 rings (SSSR count). The maximum Gasteiger partial charge on any atom is 0.417 e. The molecule has 1 saturated heterocycles. The second-order valence-corrected chi connectivity index (χ2v) is 11.5. The van der Waals surface area contributed by atoms with Crippen LogP contribution in [-0.2, 0) is 32.3 Å². The molecule has 3 amide bonds. The van der Waals surface area contributed by atoms with E-state index in [0.29, 0.717) is 11.0 Å².